The number of fused-ring (bicyclic) bond motifs is 2. The first kappa shape index (κ1) is 19.2. The minimum atomic E-state index is 0.146. The highest BCUT2D eigenvalue weighted by atomic mass is 16.2. The molecule has 156 valence electrons. The molecule has 0 atom stereocenters. The molecule has 1 aliphatic carbocycles. The van der Waals surface area contributed by atoms with Crippen molar-refractivity contribution in [2.45, 2.75) is 51.6 Å². The van der Waals surface area contributed by atoms with E-state index in [0.29, 0.717) is 18.4 Å². The quantitative estimate of drug-likeness (QED) is 0.709. The maximum atomic E-state index is 12.5. The van der Waals surface area contributed by atoms with Crippen LogP contribution in [0.1, 0.15) is 54.1 Å². The van der Waals surface area contributed by atoms with Crippen LogP contribution in [0.4, 0.5) is 0 Å². The van der Waals surface area contributed by atoms with Crippen molar-refractivity contribution < 1.29 is 4.79 Å². The molecule has 0 unspecified atom stereocenters. The van der Waals surface area contributed by atoms with Gasteiger partial charge in [-0.3, -0.25) is 9.69 Å². The second kappa shape index (κ2) is 8.19. The Kier molecular flexibility index (Phi) is 5.25. The molecule has 1 aromatic carbocycles. The number of rotatable bonds is 5. The molecular formula is C24H29N5O. The molecule has 1 N–H and O–H groups in total. The van der Waals surface area contributed by atoms with Gasteiger partial charge in [-0.15, -0.1) is 0 Å². The lowest BCUT2D eigenvalue weighted by atomic mass is 9.80. The van der Waals surface area contributed by atoms with E-state index in [-0.39, 0.29) is 5.91 Å². The van der Waals surface area contributed by atoms with Gasteiger partial charge in [-0.1, -0.05) is 24.3 Å². The summed E-state index contributed by atoms with van der Waals surface area (Å²) in [5, 5.41) is 7.81. The average Bonchev–Trinajstić information content (AvgIpc) is 3.34. The highest BCUT2D eigenvalue weighted by Crippen LogP contribution is 2.35. The van der Waals surface area contributed by atoms with Crippen molar-refractivity contribution in [2.75, 3.05) is 13.1 Å². The highest BCUT2D eigenvalue weighted by molar-refractivity contribution is 5.78. The van der Waals surface area contributed by atoms with Crippen molar-refractivity contribution in [2.24, 2.45) is 5.92 Å². The Bertz CT molecular complexity index is 1030. The van der Waals surface area contributed by atoms with Crippen molar-refractivity contribution >= 4 is 11.6 Å². The number of nitrogens with one attached hydrogen (secondary N) is 1. The van der Waals surface area contributed by atoms with Crippen LogP contribution >= 0.6 is 0 Å². The summed E-state index contributed by atoms with van der Waals surface area (Å²) in [4.78, 5) is 19.1. The number of hydrogen-bond donors (Lipinski definition) is 1. The Hall–Kier alpha value is -2.73. The fourth-order valence-electron chi connectivity index (χ4n) is 5.03. The third kappa shape index (κ3) is 3.97. The Morgan fingerprint density at radius 2 is 1.83 bits per heavy atom. The number of carbonyl (C=O) groups excluding carboxylic acids is 1. The monoisotopic (exact) mass is 403 g/mol. The fourth-order valence-corrected chi connectivity index (χ4v) is 5.03. The van der Waals surface area contributed by atoms with Gasteiger partial charge in [0.25, 0.3) is 0 Å². The number of hydrogen-bond acceptors (Lipinski definition) is 4. The lowest BCUT2D eigenvalue weighted by molar-refractivity contribution is -0.122. The van der Waals surface area contributed by atoms with Gasteiger partial charge in [-0.2, -0.15) is 5.10 Å². The molecule has 0 radical (unpaired) electrons. The van der Waals surface area contributed by atoms with E-state index in [9.17, 15) is 4.79 Å². The maximum absolute atomic E-state index is 12.5. The van der Waals surface area contributed by atoms with E-state index >= 15 is 0 Å². The van der Waals surface area contributed by atoms with Gasteiger partial charge in [0.1, 0.15) is 0 Å². The molecule has 0 bridgehead atoms. The second-order valence-corrected chi connectivity index (χ2v) is 8.86. The minimum Gasteiger partial charge on any atom is -0.355 e. The molecule has 6 heteroatoms. The van der Waals surface area contributed by atoms with Crippen molar-refractivity contribution in [1.29, 1.82) is 0 Å². The van der Waals surface area contributed by atoms with Gasteiger partial charge in [0.2, 0.25) is 5.91 Å². The molecule has 30 heavy (non-hydrogen) atoms. The summed E-state index contributed by atoms with van der Waals surface area (Å²) in [6.45, 7) is 5.04. The van der Waals surface area contributed by atoms with Gasteiger partial charge in [0.15, 0.2) is 5.65 Å². The molecule has 0 spiro atoms. The van der Waals surface area contributed by atoms with Crippen LogP contribution in [0.5, 0.6) is 0 Å². The minimum absolute atomic E-state index is 0.146. The SMILES string of the molecule is Cc1cc2nccc(C3CCC(CNC(=O)CN4Cc5ccccc5C4)CC3)n2n1. The van der Waals surface area contributed by atoms with Crippen molar-refractivity contribution in [3.63, 3.8) is 0 Å². The number of aryl methyl sites for hydroxylation is 1. The lowest BCUT2D eigenvalue weighted by Crippen LogP contribution is -2.37. The van der Waals surface area contributed by atoms with Gasteiger partial charge in [0, 0.05) is 43.5 Å². The number of aromatic nitrogens is 3. The van der Waals surface area contributed by atoms with Gasteiger partial charge in [-0.25, -0.2) is 9.50 Å². The average molecular weight is 404 g/mol. The van der Waals surface area contributed by atoms with Crippen LogP contribution in [-0.2, 0) is 17.9 Å². The van der Waals surface area contributed by atoms with Crippen molar-refractivity contribution in [3.05, 3.63) is 65.1 Å². The zero-order valence-electron chi connectivity index (χ0n) is 17.6. The summed E-state index contributed by atoms with van der Waals surface area (Å²) in [6.07, 6.45) is 6.46. The second-order valence-electron chi connectivity index (χ2n) is 8.86. The van der Waals surface area contributed by atoms with E-state index in [2.05, 4.69) is 50.6 Å². The van der Waals surface area contributed by atoms with Crippen LogP contribution in [0.25, 0.3) is 5.65 Å². The highest BCUT2D eigenvalue weighted by Gasteiger charge is 2.25. The van der Waals surface area contributed by atoms with Gasteiger partial charge in [-0.05, 0) is 55.7 Å². The van der Waals surface area contributed by atoms with E-state index in [1.165, 1.54) is 16.8 Å². The largest absolute Gasteiger partial charge is 0.355 e. The van der Waals surface area contributed by atoms with E-state index < -0.39 is 0 Å². The molecular weight excluding hydrogens is 374 g/mol. The topological polar surface area (TPSA) is 62.5 Å². The van der Waals surface area contributed by atoms with E-state index in [0.717, 1.165) is 56.7 Å². The molecule has 3 heterocycles. The van der Waals surface area contributed by atoms with Gasteiger partial charge < -0.3 is 5.32 Å². The summed E-state index contributed by atoms with van der Waals surface area (Å²) in [5.41, 5.74) is 5.91. The van der Waals surface area contributed by atoms with Crippen LogP contribution in [0.3, 0.4) is 0 Å². The fraction of sp³-hybridized carbons (Fsp3) is 0.458. The zero-order valence-corrected chi connectivity index (χ0v) is 17.6. The number of amides is 1. The molecule has 2 aromatic heterocycles. The van der Waals surface area contributed by atoms with Crippen molar-refractivity contribution in [1.82, 2.24) is 24.8 Å². The molecule has 1 amide bonds. The number of carbonyl (C=O) groups is 1. The van der Waals surface area contributed by atoms with Gasteiger partial charge in [0.05, 0.1) is 12.2 Å². The summed E-state index contributed by atoms with van der Waals surface area (Å²) in [6, 6.07) is 12.6. The Morgan fingerprint density at radius 1 is 1.10 bits per heavy atom. The standard InChI is InChI=1S/C24H29N5O/c1-17-12-23-25-11-10-22(29(23)27-17)19-8-6-18(7-9-19)13-26-24(30)16-28-14-20-4-2-3-5-21(20)15-28/h2-5,10-12,18-19H,6-9,13-16H2,1H3,(H,26,30). The summed E-state index contributed by atoms with van der Waals surface area (Å²) in [7, 11) is 0. The lowest BCUT2D eigenvalue weighted by Gasteiger charge is -2.29. The summed E-state index contributed by atoms with van der Waals surface area (Å²) < 4.78 is 2.01. The predicted molar refractivity (Wildman–Crippen MR) is 116 cm³/mol. The Balaban J connectivity index is 1.10. The predicted octanol–water partition coefficient (Wildman–Crippen LogP) is 3.44. The third-order valence-electron chi connectivity index (χ3n) is 6.64. The van der Waals surface area contributed by atoms with Crippen molar-refractivity contribution in [3.8, 4) is 0 Å². The normalized spacial score (nSPS) is 21.6. The van der Waals surface area contributed by atoms with E-state index in [1.54, 1.807) is 0 Å². The molecule has 6 nitrogen and oxygen atoms in total. The summed E-state index contributed by atoms with van der Waals surface area (Å²) in [5.74, 6) is 1.23. The molecule has 1 aliphatic heterocycles. The summed E-state index contributed by atoms with van der Waals surface area (Å²) >= 11 is 0. The molecule has 1 fully saturated rings. The Morgan fingerprint density at radius 3 is 2.57 bits per heavy atom. The number of nitrogens with zero attached hydrogens (tertiary/aromatic N) is 4. The first-order valence-electron chi connectivity index (χ1n) is 11.0. The smallest absolute Gasteiger partial charge is 0.234 e. The van der Waals surface area contributed by atoms with Crippen LogP contribution in [0, 0.1) is 12.8 Å². The van der Waals surface area contributed by atoms with E-state index in [4.69, 9.17) is 0 Å². The molecule has 1 saturated carbocycles. The Labute approximate surface area is 177 Å². The number of benzene rings is 1. The van der Waals surface area contributed by atoms with Gasteiger partial charge >= 0.3 is 0 Å². The molecule has 3 aromatic rings. The molecule has 2 aliphatic rings. The third-order valence-corrected chi connectivity index (χ3v) is 6.64. The van der Waals surface area contributed by atoms with E-state index in [1.807, 2.05) is 23.7 Å². The van der Waals surface area contributed by atoms with Crippen LogP contribution in [-0.4, -0.2) is 38.5 Å². The maximum Gasteiger partial charge on any atom is 0.234 e. The first-order valence-corrected chi connectivity index (χ1v) is 11.0. The van der Waals surface area contributed by atoms with Crippen LogP contribution in [0.15, 0.2) is 42.6 Å². The molecule has 0 saturated heterocycles. The van der Waals surface area contributed by atoms with Crippen LogP contribution < -0.4 is 5.32 Å². The molecule has 5 rings (SSSR count). The first-order chi connectivity index (χ1) is 14.7. The van der Waals surface area contributed by atoms with Crippen LogP contribution in [0.2, 0.25) is 0 Å². The zero-order chi connectivity index (χ0) is 20.5.